The maximum Gasteiger partial charge on any atom is 0.231 e. The maximum absolute atomic E-state index is 13.9. The van der Waals surface area contributed by atoms with Crippen LogP contribution >= 0.6 is 11.6 Å². The molecule has 0 bridgehead atoms. The maximum atomic E-state index is 13.9. The van der Waals surface area contributed by atoms with Crippen LogP contribution in [0.5, 0.6) is 0 Å². The van der Waals surface area contributed by atoms with Crippen molar-refractivity contribution in [3.05, 3.63) is 52.4 Å². The first-order valence-corrected chi connectivity index (χ1v) is 13.4. The van der Waals surface area contributed by atoms with Crippen molar-refractivity contribution in [2.45, 2.75) is 56.8 Å². The Balaban J connectivity index is 1.30. The normalized spacial score (nSPS) is 25.2. The summed E-state index contributed by atoms with van der Waals surface area (Å²) in [4.78, 5) is 29.2. The Morgan fingerprint density at radius 1 is 1.19 bits per heavy atom. The number of halogens is 1. The number of likely N-dealkylation sites (N-methyl/N-ethyl adjacent to an activating group) is 1. The number of hydrogen-bond donors (Lipinski definition) is 1. The lowest BCUT2D eigenvalue weighted by Crippen LogP contribution is -2.52. The van der Waals surface area contributed by atoms with E-state index in [0.29, 0.717) is 44.2 Å². The summed E-state index contributed by atoms with van der Waals surface area (Å²) in [6.07, 6.45) is 5.00. The van der Waals surface area contributed by atoms with Gasteiger partial charge in [-0.15, -0.1) is 0 Å². The van der Waals surface area contributed by atoms with Gasteiger partial charge in [0.25, 0.3) is 0 Å². The minimum atomic E-state index is -0.523. The van der Waals surface area contributed by atoms with E-state index in [9.17, 15) is 9.90 Å². The highest BCUT2D eigenvalue weighted by Gasteiger charge is 2.35. The van der Waals surface area contributed by atoms with Crippen LogP contribution in [0, 0.1) is 0 Å². The van der Waals surface area contributed by atoms with Gasteiger partial charge >= 0.3 is 0 Å². The first-order chi connectivity index (χ1) is 17.4. The van der Waals surface area contributed by atoms with Crippen molar-refractivity contribution in [3.63, 3.8) is 0 Å². The van der Waals surface area contributed by atoms with Gasteiger partial charge in [0.05, 0.1) is 17.7 Å². The van der Waals surface area contributed by atoms with Gasteiger partial charge in [0.2, 0.25) is 5.91 Å². The molecule has 1 aliphatic carbocycles. The number of aliphatic hydroxyl groups excluding tert-OH is 1. The van der Waals surface area contributed by atoms with E-state index < -0.39 is 6.10 Å². The Hall–Kier alpha value is -2.26. The number of aromatic nitrogens is 2. The molecule has 2 aromatic rings. The summed E-state index contributed by atoms with van der Waals surface area (Å²) in [6, 6.07) is 7.65. The molecule has 0 saturated carbocycles. The standard InChI is InChI=1S/C27H36ClN5O3/c1-18-15-22(34)25-24(18)26(30-17-29-25)32-10-12-33(13-11-32)27(35)21(19-6-8-20(28)9-7-19)16-31(2)23-5-3-4-14-36-23/h6-9,17-18,21-23,34H,3-5,10-16H2,1-2H3/t18-,21?,22+,23+/m1/s1. The van der Waals surface area contributed by atoms with Crippen LogP contribution in [0.1, 0.15) is 67.4 Å². The molecular formula is C27H36ClN5O3. The molecule has 194 valence electrons. The minimum absolute atomic E-state index is 0.0513. The third-order valence-corrected chi connectivity index (χ3v) is 8.11. The Morgan fingerprint density at radius 2 is 1.94 bits per heavy atom. The zero-order chi connectivity index (χ0) is 25.2. The van der Waals surface area contributed by atoms with E-state index in [4.69, 9.17) is 16.3 Å². The van der Waals surface area contributed by atoms with E-state index in [2.05, 4.69) is 33.7 Å². The summed E-state index contributed by atoms with van der Waals surface area (Å²) in [5.41, 5.74) is 2.78. The Kier molecular flexibility index (Phi) is 7.76. The molecule has 1 amide bonds. The monoisotopic (exact) mass is 513 g/mol. The average Bonchev–Trinajstić information content (AvgIpc) is 3.21. The van der Waals surface area contributed by atoms with E-state index in [-0.39, 0.29) is 24.0 Å². The number of rotatable bonds is 6. The summed E-state index contributed by atoms with van der Waals surface area (Å²) >= 11 is 6.15. The van der Waals surface area contributed by atoms with Crippen LogP contribution in [0.2, 0.25) is 5.02 Å². The Labute approximate surface area is 218 Å². The molecule has 0 radical (unpaired) electrons. The zero-order valence-corrected chi connectivity index (χ0v) is 21.9. The molecule has 2 saturated heterocycles. The quantitative estimate of drug-likeness (QED) is 0.632. The highest BCUT2D eigenvalue weighted by atomic mass is 35.5. The molecule has 5 rings (SSSR count). The number of aliphatic hydroxyl groups is 1. The highest BCUT2D eigenvalue weighted by Crippen LogP contribution is 2.42. The van der Waals surface area contributed by atoms with Crippen molar-refractivity contribution in [2.24, 2.45) is 0 Å². The van der Waals surface area contributed by atoms with E-state index >= 15 is 0 Å². The molecule has 1 unspecified atom stereocenters. The molecule has 8 nitrogen and oxygen atoms in total. The second-order valence-electron chi connectivity index (χ2n) is 10.3. The zero-order valence-electron chi connectivity index (χ0n) is 21.1. The third-order valence-electron chi connectivity index (χ3n) is 7.86. The molecular weight excluding hydrogens is 478 g/mol. The number of hydrogen-bond acceptors (Lipinski definition) is 7. The first-order valence-electron chi connectivity index (χ1n) is 13.1. The van der Waals surface area contributed by atoms with E-state index in [1.165, 1.54) is 0 Å². The van der Waals surface area contributed by atoms with E-state index in [0.717, 1.165) is 48.5 Å². The van der Waals surface area contributed by atoms with Crippen molar-refractivity contribution in [3.8, 4) is 0 Å². The van der Waals surface area contributed by atoms with Crippen molar-refractivity contribution >= 4 is 23.3 Å². The van der Waals surface area contributed by atoms with Crippen LogP contribution in [0.4, 0.5) is 5.82 Å². The summed E-state index contributed by atoms with van der Waals surface area (Å²) < 4.78 is 5.98. The number of carbonyl (C=O) groups excluding carboxylic acids is 1. The molecule has 9 heteroatoms. The molecule has 1 N–H and O–H groups in total. The van der Waals surface area contributed by atoms with Crippen molar-refractivity contribution in [1.29, 1.82) is 0 Å². The van der Waals surface area contributed by atoms with Gasteiger partial charge in [-0.1, -0.05) is 30.7 Å². The summed E-state index contributed by atoms with van der Waals surface area (Å²) in [7, 11) is 2.05. The van der Waals surface area contributed by atoms with Crippen LogP contribution in [0.3, 0.4) is 0 Å². The second kappa shape index (κ2) is 11.0. The van der Waals surface area contributed by atoms with Gasteiger partial charge in [-0.2, -0.15) is 0 Å². The topological polar surface area (TPSA) is 82.0 Å². The van der Waals surface area contributed by atoms with Crippen LogP contribution in [0.25, 0.3) is 0 Å². The van der Waals surface area contributed by atoms with E-state index in [1.807, 2.05) is 29.2 Å². The molecule has 1 aromatic carbocycles. The number of amides is 1. The molecule has 4 atom stereocenters. The van der Waals surface area contributed by atoms with Crippen molar-refractivity contribution in [1.82, 2.24) is 19.8 Å². The number of benzene rings is 1. The number of fused-ring (bicyclic) bond motifs is 1. The number of carbonyl (C=O) groups is 1. The number of piperazine rings is 1. The molecule has 2 fully saturated rings. The number of anilines is 1. The lowest BCUT2D eigenvalue weighted by atomic mass is 9.96. The van der Waals surface area contributed by atoms with Gasteiger partial charge in [0.1, 0.15) is 18.4 Å². The minimum Gasteiger partial charge on any atom is -0.387 e. The summed E-state index contributed by atoms with van der Waals surface area (Å²) in [5, 5.41) is 11.0. The van der Waals surface area contributed by atoms with Gasteiger partial charge in [0.15, 0.2) is 0 Å². The lowest BCUT2D eigenvalue weighted by Gasteiger charge is -2.39. The number of ether oxygens (including phenoxy) is 1. The summed E-state index contributed by atoms with van der Waals surface area (Å²) in [6.45, 7) is 6.15. The molecule has 2 aliphatic heterocycles. The highest BCUT2D eigenvalue weighted by molar-refractivity contribution is 6.30. The van der Waals surface area contributed by atoms with Crippen molar-refractivity contribution < 1.29 is 14.6 Å². The predicted octanol–water partition coefficient (Wildman–Crippen LogP) is 3.56. The third kappa shape index (κ3) is 5.23. The molecule has 1 aromatic heterocycles. The van der Waals surface area contributed by atoms with Crippen LogP contribution < -0.4 is 4.90 Å². The fourth-order valence-electron chi connectivity index (χ4n) is 5.81. The van der Waals surface area contributed by atoms with Crippen LogP contribution in [0.15, 0.2) is 30.6 Å². The fraction of sp³-hybridized carbons (Fsp3) is 0.593. The molecule has 36 heavy (non-hydrogen) atoms. The smallest absolute Gasteiger partial charge is 0.231 e. The van der Waals surface area contributed by atoms with Crippen LogP contribution in [-0.2, 0) is 9.53 Å². The first kappa shape index (κ1) is 25.4. The largest absolute Gasteiger partial charge is 0.387 e. The van der Waals surface area contributed by atoms with E-state index in [1.54, 1.807) is 6.33 Å². The van der Waals surface area contributed by atoms with Gasteiger partial charge < -0.3 is 19.6 Å². The average molecular weight is 514 g/mol. The molecule has 3 heterocycles. The summed E-state index contributed by atoms with van der Waals surface area (Å²) in [5.74, 6) is 0.969. The predicted molar refractivity (Wildman–Crippen MR) is 139 cm³/mol. The SMILES string of the molecule is C[C@@H]1C[C@H](O)c2ncnc(N3CCN(C(=O)C(CN(C)[C@@H]4CCCCO4)c4ccc(Cl)cc4)CC3)c21. The van der Waals surface area contributed by atoms with Crippen LogP contribution in [-0.4, -0.2) is 83.4 Å². The lowest BCUT2D eigenvalue weighted by molar-refractivity contribution is -0.135. The molecule has 0 spiro atoms. The van der Waals surface area contributed by atoms with Gasteiger partial charge in [0, 0.05) is 49.9 Å². The Morgan fingerprint density at radius 3 is 2.64 bits per heavy atom. The van der Waals surface area contributed by atoms with Gasteiger partial charge in [-0.05, 0) is 56.3 Å². The van der Waals surface area contributed by atoms with Gasteiger partial charge in [-0.25, -0.2) is 9.97 Å². The second-order valence-corrected chi connectivity index (χ2v) is 10.8. The fourth-order valence-corrected chi connectivity index (χ4v) is 5.94. The number of nitrogens with zero attached hydrogens (tertiary/aromatic N) is 5. The van der Waals surface area contributed by atoms with Crippen molar-refractivity contribution in [2.75, 3.05) is 51.3 Å². The Bertz CT molecular complexity index is 1050. The van der Waals surface area contributed by atoms with Gasteiger partial charge in [-0.3, -0.25) is 9.69 Å². The molecule has 3 aliphatic rings.